The largest absolute Gasteiger partial charge is 0.497 e. The summed E-state index contributed by atoms with van der Waals surface area (Å²) in [4.78, 5) is 31.8. The van der Waals surface area contributed by atoms with Gasteiger partial charge in [-0.15, -0.1) is 0 Å². The molecule has 5 rings (SSSR count). The molecule has 2 N–H and O–H groups in total. The van der Waals surface area contributed by atoms with E-state index in [0.29, 0.717) is 47.0 Å². The minimum absolute atomic E-state index is 0.0149. The zero-order valence-corrected chi connectivity index (χ0v) is 21.1. The highest BCUT2D eigenvalue weighted by atomic mass is 16.5. The number of rotatable bonds is 6. The van der Waals surface area contributed by atoms with Gasteiger partial charge in [-0.1, -0.05) is 42.5 Å². The second-order valence-electron chi connectivity index (χ2n) is 9.20. The molecule has 2 aromatic carbocycles. The monoisotopic (exact) mass is 495 g/mol. The summed E-state index contributed by atoms with van der Waals surface area (Å²) in [5, 5.41) is 6.32. The molecule has 0 fully saturated rings. The lowest BCUT2D eigenvalue weighted by Gasteiger charge is -2.37. The molecule has 2 heterocycles. The smallest absolute Gasteiger partial charge is 0.255 e. The van der Waals surface area contributed by atoms with Crippen LogP contribution >= 0.6 is 0 Å². The fourth-order valence-electron chi connectivity index (χ4n) is 5.29. The normalized spacial score (nSPS) is 19.2. The number of anilines is 1. The van der Waals surface area contributed by atoms with Crippen molar-refractivity contribution >= 4 is 17.5 Å². The van der Waals surface area contributed by atoms with Crippen molar-refractivity contribution in [3.63, 3.8) is 0 Å². The number of nitrogens with one attached hydrogen (secondary N) is 2. The van der Waals surface area contributed by atoms with Gasteiger partial charge in [0, 0.05) is 46.8 Å². The third-order valence-corrected chi connectivity index (χ3v) is 7.00. The van der Waals surface area contributed by atoms with Crippen molar-refractivity contribution < 1.29 is 19.1 Å². The summed E-state index contributed by atoms with van der Waals surface area (Å²) >= 11 is 0. The maximum Gasteiger partial charge on any atom is 0.255 e. The van der Waals surface area contributed by atoms with Crippen molar-refractivity contribution in [2.24, 2.45) is 0 Å². The summed E-state index contributed by atoms with van der Waals surface area (Å²) in [5.41, 5.74) is 4.46. The summed E-state index contributed by atoms with van der Waals surface area (Å²) in [5.74, 6) is 0.763. The Balaban J connectivity index is 1.62. The highest BCUT2D eigenvalue weighted by Gasteiger charge is 2.42. The molecular weight excluding hydrogens is 466 g/mol. The number of nitrogens with zero attached hydrogens (tertiary/aromatic N) is 1. The zero-order valence-electron chi connectivity index (χ0n) is 21.1. The fourth-order valence-corrected chi connectivity index (χ4v) is 5.29. The van der Waals surface area contributed by atoms with Gasteiger partial charge < -0.3 is 20.1 Å². The van der Waals surface area contributed by atoms with Crippen molar-refractivity contribution in [1.82, 2.24) is 10.3 Å². The topological polar surface area (TPSA) is 89.5 Å². The molecule has 0 saturated heterocycles. The van der Waals surface area contributed by atoms with E-state index in [2.05, 4.69) is 27.8 Å². The Kier molecular flexibility index (Phi) is 6.77. The molecule has 1 amide bonds. The molecule has 1 aromatic heterocycles. The number of ketones is 1. The van der Waals surface area contributed by atoms with Crippen molar-refractivity contribution in [3.8, 4) is 11.5 Å². The molecule has 188 valence electrons. The third kappa shape index (κ3) is 4.72. The molecule has 2 aliphatic rings. The third-order valence-electron chi connectivity index (χ3n) is 7.00. The van der Waals surface area contributed by atoms with Crippen LogP contribution in [0.1, 0.15) is 42.7 Å². The van der Waals surface area contributed by atoms with Crippen molar-refractivity contribution in [1.29, 1.82) is 0 Å². The van der Waals surface area contributed by atoms with E-state index >= 15 is 0 Å². The van der Waals surface area contributed by atoms with Crippen LogP contribution in [0.25, 0.3) is 0 Å². The van der Waals surface area contributed by atoms with Crippen LogP contribution in [-0.4, -0.2) is 30.9 Å². The number of benzene rings is 2. The number of pyridine rings is 1. The summed E-state index contributed by atoms with van der Waals surface area (Å²) in [6, 6.07) is 20.9. The zero-order chi connectivity index (χ0) is 25.9. The number of hydrogen-bond donors (Lipinski definition) is 2. The second kappa shape index (κ2) is 10.3. The van der Waals surface area contributed by atoms with E-state index in [-0.39, 0.29) is 17.6 Å². The number of carbonyl (C=O) groups excluding carboxylic acids is 2. The van der Waals surface area contributed by atoms with Crippen LogP contribution in [0.15, 0.2) is 95.5 Å². The lowest BCUT2D eigenvalue weighted by Crippen LogP contribution is -2.37. The molecule has 1 aliphatic carbocycles. The van der Waals surface area contributed by atoms with Gasteiger partial charge >= 0.3 is 0 Å². The van der Waals surface area contributed by atoms with Crippen molar-refractivity contribution in [2.75, 3.05) is 19.5 Å². The predicted octanol–water partition coefficient (Wildman–Crippen LogP) is 5.10. The van der Waals surface area contributed by atoms with E-state index in [0.717, 1.165) is 16.8 Å². The highest BCUT2D eigenvalue weighted by molar-refractivity contribution is 6.09. The Morgan fingerprint density at radius 2 is 1.78 bits per heavy atom. The van der Waals surface area contributed by atoms with Gasteiger partial charge in [0.1, 0.15) is 17.3 Å². The number of Topliss-reactive ketones (excluding diaryl/α,β-unsaturated/α-hetero) is 1. The Morgan fingerprint density at radius 3 is 2.49 bits per heavy atom. The standard InChI is InChI=1S/C30H29N3O4/c1-18-27(30(35)33-26-11-7-8-14-31-26)28(22-13-12-21(36-2)17-25(22)37-3)29-23(32-18)15-20(16-24(29)34)19-9-5-4-6-10-19/h4-14,17,20,28,32H,15-16H2,1-3H3,(H,31,33,35)/t20-,28+/m0/s1. The quantitative estimate of drug-likeness (QED) is 0.495. The Morgan fingerprint density at radius 1 is 1.00 bits per heavy atom. The highest BCUT2D eigenvalue weighted by Crippen LogP contribution is 2.48. The van der Waals surface area contributed by atoms with E-state index < -0.39 is 5.92 Å². The van der Waals surface area contributed by atoms with E-state index in [1.807, 2.05) is 43.3 Å². The van der Waals surface area contributed by atoms with E-state index in [9.17, 15) is 9.59 Å². The molecule has 0 unspecified atom stereocenters. The first-order valence-electron chi connectivity index (χ1n) is 12.2. The molecule has 37 heavy (non-hydrogen) atoms. The van der Waals surface area contributed by atoms with Crippen LogP contribution in [-0.2, 0) is 9.59 Å². The summed E-state index contributed by atoms with van der Waals surface area (Å²) in [6.45, 7) is 1.87. The average molecular weight is 496 g/mol. The minimum atomic E-state index is -0.606. The Bertz CT molecular complexity index is 1400. The van der Waals surface area contributed by atoms with Crippen LogP contribution in [0.2, 0.25) is 0 Å². The number of amides is 1. The number of hydrogen-bond acceptors (Lipinski definition) is 6. The second-order valence-corrected chi connectivity index (χ2v) is 9.20. The lowest BCUT2D eigenvalue weighted by atomic mass is 9.71. The molecule has 0 spiro atoms. The predicted molar refractivity (Wildman–Crippen MR) is 141 cm³/mol. The number of carbonyl (C=O) groups is 2. The van der Waals surface area contributed by atoms with E-state index in [1.54, 1.807) is 38.6 Å². The minimum Gasteiger partial charge on any atom is -0.497 e. The molecule has 2 atom stereocenters. The van der Waals surface area contributed by atoms with Gasteiger partial charge in [-0.25, -0.2) is 4.98 Å². The molecule has 0 saturated carbocycles. The molecule has 1 aliphatic heterocycles. The maximum absolute atomic E-state index is 13.8. The molecule has 0 radical (unpaired) electrons. The number of methoxy groups -OCH3 is 2. The SMILES string of the molecule is COc1ccc([C@@H]2C(C(=O)Nc3ccccn3)=C(C)NC3=C2C(=O)C[C@@H](c2ccccc2)C3)c(OC)c1. The van der Waals surface area contributed by atoms with Crippen LogP contribution < -0.4 is 20.1 Å². The van der Waals surface area contributed by atoms with Crippen LogP contribution in [0.5, 0.6) is 11.5 Å². The number of dihydropyridines is 1. The van der Waals surface area contributed by atoms with Crippen LogP contribution in [0.3, 0.4) is 0 Å². The van der Waals surface area contributed by atoms with Gasteiger partial charge in [0.25, 0.3) is 5.91 Å². The van der Waals surface area contributed by atoms with Crippen LogP contribution in [0.4, 0.5) is 5.82 Å². The van der Waals surface area contributed by atoms with Gasteiger partial charge in [-0.2, -0.15) is 0 Å². The van der Waals surface area contributed by atoms with Gasteiger partial charge in [-0.05, 0) is 43.0 Å². The van der Waals surface area contributed by atoms with E-state index in [4.69, 9.17) is 9.47 Å². The van der Waals surface area contributed by atoms with Crippen molar-refractivity contribution in [3.05, 3.63) is 107 Å². The molecular formula is C30H29N3O4. The molecule has 7 nitrogen and oxygen atoms in total. The first-order valence-corrected chi connectivity index (χ1v) is 12.2. The van der Waals surface area contributed by atoms with Gasteiger partial charge in [0.05, 0.1) is 20.1 Å². The van der Waals surface area contributed by atoms with Gasteiger partial charge in [0.15, 0.2) is 5.78 Å². The molecule has 7 heteroatoms. The summed E-state index contributed by atoms with van der Waals surface area (Å²) in [7, 11) is 3.16. The first-order chi connectivity index (χ1) is 18.0. The summed E-state index contributed by atoms with van der Waals surface area (Å²) in [6.07, 6.45) is 2.66. The summed E-state index contributed by atoms with van der Waals surface area (Å²) < 4.78 is 11.1. The molecule has 3 aromatic rings. The van der Waals surface area contributed by atoms with Gasteiger partial charge in [-0.3, -0.25) is 9.59 Å². The van der Waals surface area contributed by atoms with Crippen LogP contribution in [0, 0.1) is 0 Å². The fraction of sp³-hybridized carbons (Fsp3) is 0.233. The maximum atomic E-state index is 13.8. The number of aromatic nitrogens is 1. The number of ether oxygens (including phenoxy) is 2. The van der Waals surface area contributed by atoms with Gasteiger partial charge in [0.2, 0.25) is 0 Å². The lowest BCUT2D eigenvalue weighted by molar-refractivity contribution is -0.116. The van der Waals surface area contributed by atoms with Crippen molar-refractivity contribution in [2.45, 2.75) is 31.6 Å². The van der Waals surface area contributed by atoms with E-state index in [1.165, 1.54) is 0 Å². The Hall–Kier alpha value is -4.39. The Labute approximate surface area is 216 Å². The molecule has 0 bridgehead atoms. The first kappa shape index (κ1) is 24.3. The average Bonchev–Trinajstić information content (AvgIpc) is 2.92. The number of allylic oxidation sites excluding steroid dienone is 3.